The molecule has 0 saturated heterocycles. The third kappa shape index (κ3) is 1.40. The van der Waals surface area contributed by atoms with Gasteiger partial charge in [-0.25, -0.2) is 4.39 Å². The zero-order chi connectivity index (χ0) is 9.14. The first-order chi connectivity index (χ1) is 5.70. The second-order valence-electron chi connectivity index (χ2n) is 2.20. The fraction of sp³-hybridized carbons (Fsp3) is 0.125. The second kappa shape index (κ2) is 3.53. The summed E-state index contributed by atoms with van der Waals surface area (Å²) in [6.45, 7) is -0.0186. The highest BCUT2D eigenvalue weighted by Gasteiger charge is 2.09. The van der Waals surface area contributed by atoms with Gasteiger partial charge in [-0.1, -0.05) is 11.6 Å². The van der Waals surface area contributed by atoms with Crippen LogP contribution in [-0.2, 0) is 6.54 Å². The molecule has 2 nitrogen and oxygen atoms in total. The summed E-state index contributed by atoms with van der Waals surface area (Å²) in [5.41, 5.74) is 5.65. The molecular formula is C8H6ClFN2. The van der Waals surface area contributed by atoms with Gasteiger partial charge >= 0.3 is 0 Å². The Morgan fingerprint density at radius 3 is 2.75 bits per heavy atom. The van der Waals surface area contributed by atoms with E-state index in [0.29, 0.717) is 0 Å². The van der Waals surface area contributed by atoms with Gasteiger partial charge in [0.2, 0.25) is 0 Å². The van der Waals surface area contributed by atoms with Crippen molar-refractivity contribution < 1.29 is 4.39 Å². The van der Waals surface area contributed by atoms with Crippen LogP contribution in [0.25, 0.3) is 0 Å². The summed E-state index contributed by atoms with van der Waals surface area (Å²) < 4.78 is 13.1. The Balaban J connectivity index is 3.38. The second-order valence-corrected chi connectivity index (χ2v) is 2.61. The molecule has 0 aliphatic heterocycles. The van der Waals surface area contributed by atoms with Crippen LogP contribution in [0.3, 0.4) is 0 Å². The van der Waals surface area contributed by atoms with Gasteiger partial charge in [0.05, 0.1) is 16.7 Å². The van der Waals surface area contributed by atoms with E-state index in [2.05, 4.69) is 0 Å². The Bertz CT molecular complexity index is 344. The minimum atomic E-state index is -0.599. The van der Waals surface area contributed by atoms with Crippen molar-refractivity contribution in [2.24, 2.45) is 5.73 Å². The topological polar surface area (TPSA) is 49.8 Å². The third-order valence-corrected chi connectivity index (χ3v) is 1.81. The Kier molecular flexibility index (Phi) is 2.64. The fourth-order valence-corrected chi connectivity index (χ4v) is 1.07. The molecule has 0 atom stereocenters. The van der Waals surface area contributed by atoms with Crippen molar-refractivity contribution in [1.82, 2.24) is 0 Å². The van der Waals surface area contributed by atoms with Crippen LogP contribution in [0.1, 0.15) is 11.1 Å². The molecule has 0 unspecified atom stereocenters. The van der Waals surface area contributed by atoms with E-state index in [1.54, 1.807) is 0 Å². The number of nitrogens with two attached hydrogens (primary N) is 1. The number of rotatable bonds is 1. The van der Waals surface area contributed by atoms with Crippen LogP contribution in [0.15, 0.2) is 12.1 Å². The predicted octanol–water partition coefficient (Wildman–Crippen LogP) is 1.81. The van der Waals surface area contributed by atoms with E-state index in [-0.39, 0.29) is 22.7 Å². The maximum atomic E-state index is 13.1. The van der Waals surface area contributed by atoms with Crippen molar-refractivity contribution in [3.63, 3.8) is 0 Å². The molecule has 12 heavy (non-hydrogen) atoms. The molecule has 0 radical (unpaired) electrons. The number of hydrogen-bond donors (Lipinski definition) is 1. The number of nitriles is 1. The zero-order valence-electron chi connectivity index (χ0n) is 6.14. The van der Waals surface area contributed by atoms with Gasteiger partial charge in [-0.2, -0.15) is 5.26 Å². The highest BCUT2D eigenvalue weighted by atomic mass is 35.5. The van der Waals surface area contributed by atoms with Crippen LogP contribution in [0, 0.1) is 17.1 Å². The molecule has 0 amide bonds. The lowest BCUT2D eigenvalue weighted by Crippen LogP contribution is -2.03. The molecule has 62 valence electrons. The van der Waals surface area contributed by atoms with Crippen LogP contribution in [0.5, 0.6) is 0 Å². The molecule has 4 heteroatoms. The van der Waals surface area contributed by atoms with E-state index in [1.165, 1.54) is 12.1 Å². The van der Waals surface area contributed by atoms with Crippen LogP contribution in [-0.4, -0.2) is 0 Å². The van der Waals surface area contributed by atoms with Gasteiger partial charge in [0, 0.05) is 12.1 Å². The van der Waals surface area contributed by atoms with Gasteiger partial charge in [-0.05, 0) is 12.1 Å². The average Bonchev–Trinajstić information content (AvgIpc) is 2.09. The lowest BCUT2D eigenvalue weighted by molar-refractivity contribution is 0.610. The van der Waals surface area contributed by atoms with Crippen LogP contribution < -0.4 is 5.73 Å². The molecule has 0 bridgehead atoms. The Labute approximate surface area is 74.4 Å². The maximum Gasteiger partial charge on any atom is 0.147 e. The zero-order valence-corrected chi connectivity index (χ0v) is 6.90. The van der Waals surface area contributed by atoms with E-state index in [9.17, 15) is 4.39 Å². The SMILES string of the molecule is N#Cc1ccc(Cl)c(F)c1CN. The smallest absolute Gasteiger partial charge is 0.147 e. The number of hydrogen-bond acceptors (Lipinski definition) is 2. The highest BCUT2D eigenvalue weighted by molar-refractivity contribution is 6.30. The van der Waals surface area contributed by atoms with Crippen molar-refractivity contribution in [2.75, 3.05) is 0 Å². The van der Waals surface area contributed by atoms with Crippen LogP contribution >= 0.6 is 11.6 Å². The number of benzene rings is 1. The summed E-state index contributed by atoms with van der Waals surface area (Å²) in [5, 5.41) is 8.54. The summed E-state index contributed by atoms with van der Waals surface area (Å²) >= 11 is 5.48. The quantitative estimate of drug-likeness (QED) is 0.724. The highest BCUT2D eigenvalue weighted by Crippen LogP contribution is 2.20. The monoisotopic (exact) mass is 184 g/mol. The van der Waals surface area contributed by atoms with Crippen molar-refractivity contribution >= 4 is 11.6 Å². The molecule has 0 saturated carbocycles. The van der Waals surface area contributed by atoms with Crippen LogP contribution in [0.4, 0.5) is 4.39 Å². The first-order valence-electron chi connectivity index (χ1n) is 3.27. The standard InChI is InChI=1S/C8H6ClFN2/c9-7-2-1-5(3-11)6(4-12)8(7)10/h1-2H,4,12H2. The number of halogens is 2. The maximum absolute atomic E-state index is 13.1. The summed E-state index contributed by atoms with van der Waals surface area (Å²) in [6, 6.07) is 4.63. The van der Waals surface area contributed by atoms with Crippen molar-refractivity contribution in [3.05, 3.63) is 34.1 Å². The van der Waals surface area contributed by atoms with Crippen molar-refractivity contribution in [2.45, 2.75) is 6.54 Å². The Morgan fingerprint density at radius 2 is 2.25 bits per heavy atom. The van der Waals surface area contributed by atoms with E-state index >= 15 is 0 Å². The van der Waals surface area contributed by atoms with Crippen LogP contribution in [0.2, 0.25) is 5.02 Å². The molecule has 0 aliphatic rings. The lowest BCUT2D eigenvalue weighted by atomic mass is 10.1. The lowest BCUT2D eigenvalue weighted by Gasteiger charge is -2.02. The average molecular weight is 185 g/mol. The minimum absolute atomic E-state index is 0.00514. The Hall–Kier alpha value is -1.11. The molecule has 0 aliphatic carbocycles. The molecule has 0 spiro atoms. The Morgan fingerprint density at radius 1 is 1.58 bits per heavy atom. The third-order valence-electron chi connectivity index (χ3n) is 1.52. The van der Waals surface area contributed by atoms with E-state index in [4.69, 9.17) is 22.6 Å². The van der Waals surface area contributed by atoms with E-state index in [0.717, 1.165) is 0 Å². The molecule has 0 aromatic heterocycles. The molecule has 0 fully saturated rings. The molecule has 2 N–H and O–H groups in total. The first-order valence-corrected chi connectivity index (χ1v) is 3.65. The minimum Gasteiger partial charge on any atom is -0.326 e. The van der Waals surface area contributed by atoms with E-state index < -0.39 is 5.82 Å². The van der Waals surface area contributed by atoms with Gasteiger partial charge in [-0.3, -0.25) is 0 Å². The normalized spacial score (nSPS) is 9.50. The fourth-order valence-electron chi connectivity index (χ4n) is 0.897. The first kappa shape index (κ1) is 8.98. The van der Waals surface area contributed by atoms with Gasteiger partial charge < -0.3 is 5.73 Å². The summed E-state index contributed by atoms with van der Waals surface area (Å²) in [6.07, 6.45) is 0. The van der Waals surface area contributed by atoms with E-state index in [1.807, 2.05) is 6.07 Å². The van der Waals surface area contributed by atoms with Crippen molar-refractivity contribution in [1.29, 1.82) is 5.26 Å². The largest absolute Gasteiger partial charge is 0.326 e. The number of nitrogens with zero attached hydrogens (tertiary/aromatic N) is 1. The van der Waals surface area contributed by atoms with Crippen molar-refractivity contribution in [3.8, 4) is 6.07 Å². The van der Waals surface area contributed by atoms with Gasteiger partial charge in [0.1, 0.15) is 5.82 Å². The predicted molar refractivity (Wildman–Crippen MR) is 44.0 cm³/mol. The van der Waals surface area contributed by atoms with Gasteiger partial charge in [-0.15, -0.1) is 0 Å². The van der Waals surface area contributed by atoms with Gasteiger partial charge in [0.25, 0.3) is 0 Å². The molecule has 1 aromatic carbocycles. The molecule has 1 rings (SSSR count). The van der Waals surface area contributed by atoms with Gasteiger partial charge in [0.15, 0.2) is 0 Å². The molecule has 0 heterocycles. The summed E-state index contributed by atoms with van der Waals surface area (Å²) in [7, 11) is 0. The summed E-state index contributed by atoms with van der Waals surface area (Å²) in [5.74, 6) is -0.599. The molecular weight excluding hydrogens is 179 g/mol. The summed E-state index contributed by atoms with van der Waals surface area (Å²) in [4.78, 5) is 0. The molecule has 1 aromatic rings.